The molecule has 1 heterocycles. The fraction of sp³-hybridized carbons (Fsp3) is 0.105. The summed E-state index contributed by atoms with van der Waals surface area (Å²) in [7, 11) is 1.95. The molecular weight excluding hydrogens is 305 g/mol. The Morgan fingerprint density at radius 2 is 1.88 bits per heavy atom. The van der Waals surface area contributed by atoms with E-state index in [-0.39, 0.29) is 5.75 Å². The van der Waals surface area contributed by atoms with Crippen molar-refractivity contribution in [3.8, 4) is 11.5 Å². The molecule has 1 aromatic heterocycles. The first-order valence-electron chi connectivity index (χ1n) is 7.56. The average Bonchev–Trinajstić information content (AvgIpc) is 2.59. The largest absolute Gasteiger partial charge is 0.454 e. The van der Waals surface area contributed by atoms with Gasteiger partial charge in [0.2, 0.25) is 0 Å². The lowest BCUT2D eigenvalue weighted by Crippen LogP contribution is -2.17. The number of benzene rings is 2. The van der Waals surface area contributed by atoms with E-state index in [9.17, 15) is 4.39 Å². The highest BCUT2D eigenvalue weighted by Crippen LogP contribution is 2.27. The molecule has 0 atom stereocenters. The van der Waals surface area contributed by atoms with Crippen LogP contribution in [0.4, 0.5) is 15.9 Å². The second kappa shape index (κ2) is 7.00. The predicted octanol–water partition coefficient (Wildman–Crippen LogP) is 4.23. The second-order valence-corrected chi connectivity index (χ2v) is 5.48. The molecule has 122 valence electrons. The Hall–Kier alpha value is -3.08. The molecule has 0 saturated heterocycles. The Bertz CT molecular complexity index is 824. The summed E-state index contributed by atoms with van der Waals surface area (Å²) < 4.78 is 19.5. The molecule has 2 aromatic carbocycles. The molecule has 24 heavy (non-hydrogen) atoms. The molecular formula is C19H18FN3O. The number of rotatable bonds is 5. The molecule has 0 saturated carbocycles. The van der Waals surface area contributed by atoms with Crippen LogP contribution < -0.4 is 15.4 Å². The molecule has 0 fully saturated rings. The number of aromatic nitrogens is 1. The highest BCUT2D eigenvalue weighted by Gasteiger charge is 2.08. The van der Waals surface area contributed by atoms with Crippen LogP contribution in [0.3, 0.4) is 0 Å². The molecule has 0 amide bonds. The molecule has 3 aromatic rings. The summed E-state index contributed by atoms with van der Waals surface area (Å²) in [6, 6.07) is 17.9. The number of nitrogens with zero attached hydrogens (tertiary/aromatic N) is 2. The molecule has 0 bridgehead atoms. The zero-order chi connectivity index (χ0) is 16.9. The highest BCUT2D eigenvalue weighted by atomic mass is 19.1. The van der Waals surface area contributed by atoms with E-state index in [0.717, 1.165) is 5.82 Å². The van der Waals surface area contributed by atoms with Crippen molar-refractivity contribution in [2.24, 2.45) is 0 Å². The summed E-state index contributed by atoms with van der Waals surface area (Å²) in [6.07, 6.45) is 1.64. The van der Waals surface area contributed by atoms with Crippen LogP contribution in [0.2, 0.25) is 0 Å². The molecule has 2 N–H and O–H groups in total. The Labute approximate surface area is 140 Å². The lowest BCUT2D eigenvalue weighted by Gasteiger charge is -2.19. The van der Waals surface area contributed by atoms with Gasteiger partial charge in [-0.1, -0.05) is 30.3 Å². The number of nitrogen functional groups attached to an aromatic ring is 1. The topological polar surface area (TPSA) is 51.4 Å². The zero-order valence-electron chi connectivity index (χ0n) is 13.3. The van der Waals surface area contributed by atoms with Crippen LogP contribution in [0.25, 0.3) is 0 Å². The maximum atomic E-state index is 13.9. The number of pyridine rings is 1. The Morgan fingerprint density at radius 1 is 1.08 bits per heavy atom. The summed E-state index contributed by atoms with van der Waals surface area (Å²) >= 11 is 0. The van der Waals surface area contributed by atoms with Gasteiger partial charge in [-0.3, -0.25) is 0 Å². The SMILES string of the molecule is CN(Cc1ccccc1)c1cc(Oc2ccc(N)cc2F)ccn1. The molecule has 0 unspecified atom stereocenters. The van der Waals surface area contributed by atoms with Gasteiger partial charge in [-0.05, 0) is 23.8 Å². The van der Waals surface area contributed by atoms with Crippen molar-refractivity contribution in [2.45, 2.75) is 6.54 Å². The van der Waals surface area contributed by atoms with Gasteiger partial charge in [0.1, 0.15) is 11.6 Å². The number of nitrogens with two attached hydrogens (primary N) is 1. The normalized spacial score (nSPS) is 10.4. The first-order valence-corrected chi connectivity index (χ1v) is 7.56. The third kappa shape index (κ3) is 3.81. The highest BCUT2D eigenvalue weighted by molar-refractivity contribution is 5.47. The summed E-state index contributed by atoms with van der Waals surface area (Å²) in [5, 5.41) is 0. The predicted molar refractivity (Wildman–Crippen MR) is 93.7 cm³/mol. The third-order valence-electron chi connectivity index (χ3n) is 3.55. The number of anilines is 2. The van der Waals surface area contributed by atoms with E-state index in [0.29, 0.717) is 18.0 Å². The third-order valence-corrected chi connectivity index (χ3v) is 3.55. The summed E-state index contributed by atoms with van der Waals surface area (Å²) in [4.78, 5) is 6.35. The zero-order valence-corrected chi connectivity index (χ0v) is 13.3. The minimum Gasteiger partial charge on any atom is -0.454 e. The molecule has 3 rings (SSSR count). The van der Waals surface area contributed by atoms with Gasteiger partial charge in [-0.25, -0.2) is 9.37 Å². The summed E-state index contributed by atoms with van der Waals surface area (Å²) in [6.45, 7) is 0.716. The smallest absolute Gasteiger partial charge is 0.167 e. The average molecular weight is 323 g/mol. The van der Waals surface area contributed by atoms with Crippen molar-refractivity contribution in [1.29, 1.82) is 0 Å². The van der Waals surface area contributed by atoms with E-state index in [1.807, 2.05) is 30.1 Å². The van der Waals surface area contributed by atoms with Gasteiger partial charge in [0, 0.05) is 37.6 Å². The van der Waals surface area contributed by atoms with Crippen molar-refractivity contribution < 1.29 is 9.13 Å². The van der Waals surface area contributed by atoms with Crippen molar-refractivity contribution in [2.75, 3.05) is 17.7 Å². The molecule has 0 aliphatic rings. The van der Waals surface area contributed by atoms with Crippen LogP contribution in [0, 0.1) is 5.82 Å². The first kappa shape index (κ1) is 15.8. The van der Waals surface area contributed by atoms with Crippen LogP contribution in [-0.2, 0) is 6.54 Å². The fourth-order valence-electron chi connectivity index (χ4n) is 2.34. The molecule has 0 aliphatic heterocycles. The van der Waals surface area contributed by atoms with E-state index in [1.165, 1.54) is 17.7 Å². The van der Waals surface area contributed by atoms with Gasteiger partial charge in [0.05, 0.1) is 0 Å². The van der Waals surface area contributed by atoms with Crippen molar-refractivity contribution >= 4 is 11.5 Å². The molecule has 5 heteroatoms. The Morgan fingerprint density at radius 3 is 2.62 bits per heavy atom. The number of halogens is 1. The van der Waals surface area contributed by atoms with E-state index in [4.69, 9.17) is 10.5 Å². The van der Waals surface area contributed by atoms with E-state index in [2.05, 4.69) is 17.1 Å². The fourth-order valence-corrected chi connectivity index (χ4v) is 2.34. The number of hydrogen-bond acceptors (Lipinski definition) is 4. The molecule has 0 spiro atoms. The van der Waals surface area contributed by atoms with Gasteiger partial charge < -0.3 is 15.4 Å². The van der Waals surface area contributed by atoms with Crippen molar-refractivity contribution in [3.05, 3.63) is 78.2 Å². The number of ether oxygens (including phenoxy) is 1. The second-order valence-electron chi connectivity index (χ2n) is 5.48. The van der Waals surface area contributed by atoms with Crippen LogP contribution >= 0.6 is 0 Å². The van der Waals surface area contributed by atoms with Gasteiger partial charge in [0.25, 0.3) is 0 Å². The summed E-state index contributed by atoms with van der Waals surface area (Å²) in [5.41, 5.74) is 7.08. The van der Waals surface area contributed by atoms with Gasteiger partial charge in [-0.15, -0.1) is 0 Å². The molecule has 4 nitrogen and oxygen atoms in total. The van der Waals surface area contributed by atoms with Gasteiger partial charge >= 0.3 is 0 Å². The standard InChI is InChI=1S/C19H18FN3O/c1-23(13-14-5-3-2-4-6-14)19-12-16(9-10-22-19)24-18-8-7-15(21)11-17(18)20/h2-12H,13,21H2,1H3. The van der Waals surface area contributed by atoms with E-state index in [1.54, 1.807) is 24.4 Å². The Balaban J connectivity index is 1.76. The number of hydrogen-bond donors (Lipinski definition) is 1. The minimum absolute atomic E-state index is 0.132. The van der Waals surface area contributed by atoms with E-state index < -0.39 is 5.82 Å². The quantitative estimate of drug-likeness (QED) is 0.714. The van der Waals surface area contributed by atoms with E-state index >= 15 is 0 Å². The maximum absolute atomic E-state index is 13.9. The molecule has 0 aliphatic carbocycles. The van der Waals surface area contributed by atoms with Gasteiger partial charge in [-0.2, -0.15) is 0 Å². The first-order chi connectivity index (χ1) is 11.6. The van der Waals surface area contributed by atoms with Crippen LogP contribution in [0.1, 0.15) is 5.56 Å². The maximum Gasteiger partial charge on any atom is 0.167 e. The van der Waals surface area contributed by atoms with Crippen LogP contribution in [0.5, 0.6) is 11.5 Å². The molecule has 0 radical (unpaired) electrons. The minimum atomic E-state index is -0.494. The van der Waals surface area contributed by atoms with Crippen molar-refractivity contribution in [1.82, 2.24) is 4.98 Å². The lowest BCUT2D eigenvalue weighted by molar-refractivity contribution is 0.442. The monoisotopic (exact) mass is 323 g/mol. The Kier molecular flexibility index (Phi) is 4.61. The van der Waals surface area contributed by atoms with Crippen LogP contribution in [0.15, 0.2) is 66.9 Å². The summed E-state index contributed by atoms with van der Waals surface area (Å²) in [5.74, 6) is 0.897. The van der Waals surface area contributed by atoms with Crippen LogP contribution in [-0.4, -0.2) is 12.0 Å². The van der Waals surface area contributed by atoms with Crippen molar-refractivity contribution in [3.63, 3.8) is 0 Å². The van der Waals surface area contributed by atoms with Gasteiger partial charge in [0.15, 0.2) is 11.6 Å². The lowest BCUT2D eigenvalue weighted by atomic mass is 10.2.